The van der Waals surface area contributed by atoms with E-state index in [1.165, 1.54) is 4.90 Å². The third-order valence-electron chi connectivity index (χ3n) is 7.35. The molecular formula is C22H26N2O3. The molecule has 2 aliphatic carbocycles. The topological polar surface area (TPSA) is 57.7 Å². The number of fused-ring (bicyclic) bond motifs is 5. The number of carbonyl (C=O) groups excluding carboxylic acids is 3. The average Bonchev–Trinajstić information content (AvgIpc) is 3.36. The summed E-state index contributed by atoms with van der Waals surface area (Å²) in [5.74, 6) is 1.07. The molecule has 0 radical (unpaired) electrons. The molecule has 0 N–H and O–H groups in total. The fourth-order valence-corrected chi connectivity index (χ4v) is 5.84. The zero-order valence-electron chi connectivity index (χ0n) is 15.8. The van der Waals surface area contributed by atoms with E-state index >= 15 is 0 Å². The molecule has 2 saturated heterocycles. The standard InChI is InChI=1S/C22H26N2O3/c1-13-7-9-23(10-8-13)20(25)16-3-2-4-17(12-16)24-21(26)18-14-5-6-15(11-14)19(18)22(24)27/h2-4,12-15,18-19H,5-11H2,1H3/t14-,15-,18+,19+/m0/s1. The number of nitrogens with zero attached hydrogens (tertiary/aromatic N) is 2. The van der Waals surface area contributed by atoms with Gasteiger partial charge in [0.15, 0.2) is 0 Å². The molecule has 2 saturated carbocycles. The third-order valence-corrected chi connectivity index (χ3v) is 7.35. The Morgan fingerprint density at radius 1 is 0.963 bits per heavy atom. The predicted molar refractivity (Wildman–Crippen MR) is 101 cm³/mol. The summed E-state index contributed by atoms with van der Waals surface area (Å²) in [6.45, 7) is 3.77. The van der Waals surface area contributed by atoms with E-state index in [1.807, 2.05) is 4.90 Å². The van der Waals surface area contributed by atoms with Crippen molar-refractivity contribution in [3.8, 4) is 0 Å². The molecular weight excluding hydrogens is 340 g/mol. The molecule has 4 aliphatic rings. The van der Waals surface area contributed by atoms with Crippen molar-refractivity contribution in [2.45, 2.75) is 39.0 Å². The van der Waals surface area contributed by atoms with Crippen molar-refractivity contribution in [2.75, 3.05) is 18.0 Å². The van der Waals surface area contributed by atoms with Crippen molar-refractivity contribution in [1.82, 2.24) is 4.90 Å². The molecule has 4 fully saturated rings. The first-order valence-corrected chi connectivity index (χ1v) is 10.3. The monoisotopic (exact) mass is 366 g/mol. The Labute approximate surface area is 159 Å². The summed E-state index contributed by atoms with van der Waals surface area (Å²) in [5.41, 5.74) is 1.14. The molecule has 2 heterocycles. The lowest BCUT2D eigenvalue weighted by molar-refractivity contribution is -0.123. The average molecular weight is 366 g/mol. The van der Waals surface area contributed by atoms with Crippen molar-refractivity contribution in [1.29, 1.82) is 0 Å². The Bertz CT molecular complexity index is 784. The summed E-state index contributed by atoms with van der Waals surface area (Å²) in [6.07, 6.45) is 5.24. The lowest BCUT2D eigenvalue weighted by Crippen LogP contribution is -2.38. The van der Waals surface area contributed by atoms with Crippen LogP contribution in [0.25, 0.3) is 0 Å². The summed E-state index contributed by atoms with van der Waals surface area (Å²) in [6, 6.07) is 7.10. The van der Waals surface area contributed by atoms with Crippen LogP contribution in [0.3, 0.4) is 0 Å². The molecule has 4 atom stereocenters. The summed E-state index contributed by atoms with van der Waals surface area (Å²) in [4.78, 5) is 42.2. The molecule has 27 heavy (non-hydrogen) atoms. The van der Waals surface area contributed by atoms with Gasteiger partial charge in [-0.05, 0) is 68.1 Å². The minimum atomic E-state index is -0.126. The minimum absolute atomic E-state index is 0.00288. The van der Waals surface area contributed by atoms with E-state index in [9.17, 15) is 14.4 Å². The van der Waals surface area contributed by atoms with Crippen molar-refractivity contribution in [3.05, 3.63) is 29.8 Å². The first-order valence-electron chi connectivity index (χ1n) is 10.3. The Morgan fingerprint density at radius 2 is 1.59 bits per heavy atom. The maximum Gasteiger partial charge on any atom is 0.253 e. The molecule has 2 bridgehead atoms. The van der Waals surface area contributed by atoms with Crippen molar-refractivity contribution < 1.29 is 14.4 Å². The normalized spacial score (nSPS) is 33.1. The van der Waals surface area contributed by atoms with Crippen LogP contribution in [0.4, 0.5) is 5.69 Å². The molecule has 0 aromatic heterocycles. The number of piperidine rings is 1. The second-order valence-corrected chi connectivity index (χ2v) is 8.92. The lowest BCUT2D eigenvalue weighted by atomic mass is 9.81. The van der Waals surface area contributed by atoms with Crippen LogP contribution in [0.1, 0.15) is 49.4 Å². The van der Waals surface area contributed by atoms with Gasteiger partial charge in [0.2, 0.25) is 11.8 Å². The first-order chi connectivity index (χ1) is 13.0. The van der Waals surface area contributed by atoms with Crippen LogP contribution in [0, 0.1) is 29.6 Å². The van der Waals surface area contributed by atoms with E-state index in [0.29, 0.717) is 29.0 Å². The first kappa shape index (κ1) is 17.0. The van der Waals surface area contributed by atoms with Gasteiger partial charge in [-0.1, -0.05) is 13.0 Å². The second-order valence-electron chi connectivity index (χ2n) is 8.92. The van der Waals surface area contributed by atoms with Crippen LogP contribution < -0.4 is 4.90 Å². The van der Waals surface area contributed by atoms with Gasteiger partial charge in [0.25, 0.3) is 5.91 Å². The lowest BCUT2D eigenvalue weighted by Gasteiger charge is -2.30. The number of amides is 3. The van der Waals surface area contributed by atoms with E-state index in [2.05, 4.69) is 6.92 Å². The summed E-state index contributed by atoms with van der Waals surface area (Å²) in [5, 5.41) is 0. The highest BCUT2D eigenvalue weighted by Gasteiger charge is 2.61. The molecule has 5 heteroatoms. The van der Waals surface area contributed by atoms with Gasteiger partial charge in [-0.3, -0.25) is 19.3 Å². The molecule has 2 aliphatic heterocycles. The molecule has 1 aromatic carbocycles. The number of anilines is 1. The van der Waals surface area contributed by atoms with Gasteiger partial charge < -0.3 is 4.90 Å². The molecule has 5 nitrogen and oxygen atoms in total. The van der Waals surface area contributed by atoms with E-state index in [1.54, 1.807) is 24.3 Å². The molecule has 5 rings (SSSR count). The molecule has 3 amide bonds. The van der Waals surface area contributed by atoms with Gasteiger partial charge in [0.05, 0.1) is 17.5 Å². The smallest absolute Gasteiger partial charge is 0.253 e. The highest BCUT2D eigenvalue weighted by atomic mass is 16.2. The highest BCUT2D eigenvalue weighted by molar-refractivity contribution is 6.22. The Morgan fingerprint density at radius 3 is 2.22 bits per heavy atom. The van der Waals surface area contributed by atoms with E-state index in [4.69, 9.17) is 0 Å². The summed E-state index contributed by atoms with van der Waals surface area (Å²) < 4.78 is 0. The molecule has 0 spiro atoms. The quantitative estimate of drug-likeness (QED) is 0.756. The minimum Gasteiger partial charge on any atom is -0.339 e. The van der Waals surface area contributed by atoms with Gasteiger partial charge in [0.1, 0.15) is 0 Å². The van der Waals surface area contributed by atoms with Gasteiger partial charge in [0, 0.05) is 18.7 Å². The number of hydrogen-bond donors (Lipinski definition) is 0. The molecule has 1 aromatic rings. The molecule has 0 unspecified atom stereocenters. The fraction of sp³-hybridized carbons (Fsp3) is 0.591. The van der Waals surface area contributed by atoms with Gasteiger partial charge >= 0.3 is 0 Å². The number of imide groups is 1. The fourth-order valence-electron chi connectivity index (χ4n) is 5.84. The zero-order valence-corrected chi connectivity index (χ0v) is 15.8. The largest absolute Gasteiger partial charge is 0.339 e. The number of hydrogen-bond acceptors (Lipinski definition) is 3. The Kier molecular flexibility index (Phi) is 3.88. The van der Waals surface area contributed by atoms with Crippen molar-refractivity contribution in [2.24, 2.45) is 29.6 Å². The zero-order chi connectivity index (χ0) is 18.7. The predicted octanol–water partition coefficient (Wildman–Crippen LogP) is 3.09. The van der Waals surface area contributed by atoms with Crippen LogP contribution >= 0.6 is 0 Å². The van der Waals surface area contributed by atoms with Crippen LogP contribution in [-0.4, -0.2) is 35.7 Å². The van der Waals surface area contributed by atoms with E-state index in [-0.39, 0.29) is 29.6 Å². The van der Waals surface area contributed by atoms with Crippen molar-refractivity contribution >= 4 is 23.4 Å². The van der Waals surface area contributed by atoms with Crippen LogP contribution in [0.15, 0.2) is 24.3 Å². The maximum atomic E-state index is 13.0. The maximum absolute atomic E-state index is 13.0. The van der Waals surface area contributed by atoms with Gasteiger partial charge in [-0.2, -0.15) is 0 Å². The third kappa shape index (κ3) is 2.54. The van der Waals surface area contributed by atoms with Crippen LogP contribution in [0.5, 0.6) is 0 Å². The molecule has 142 valence electrons. The number of likely N-dealkylation sites (tertiary alicyclic amines) is 1. The SMILES string of the molecule is CC1CCN(C(=O)c2cccc(N3C(=O)[C@@H]4[C@H]5CC[C@@H](C5)[C@H]4C3=O)c2)CC1. The highest BCUT2D eigenvalue weighted by Crippen LogP contribution is 2.56. The Balaban J connectivity index is 1.40. The number of rotatable bonds is 2. The number of benzene rings is 1. The summed E-state index contributed by atoms with van der Waals surface area (Å²) in [7, 11) is 0. The summed E-state index contributed by atoms with van der Waals surface area (Å²) >= 11 is 0. The van der Waals surface area contributed by atoms with E-state index < -0.39 is 0 Å². The number of carbonyl (C=O) groups is 3. The van der Waals surface area contributed by atoms with Gasteiger partial charge in [-0.25, -0.2) is 0 Å². The van der Waals surface area contributed by atoms with Crippen molar-refractivity contribution in [3.63, 3.8) is 0 Å². The second kappa shape index (κ2) is 6.18. The van der Waals surface area contributed by atoms with Crippen LogP contribution in [0.2, 0.25) is 0 Å². The Hall–Kier alpha value is -2.17. The van der Waals surface area contributed by atoms with Gasteiger partial charge in [-0.15, -0.1) is 0 Å². The van der Waals surface area contributed by atoms with E-state index in [0.717, 1.165) is 45.2 Å². The van der Waals surface area contributed by atoms with Crippen LogP contribution in [-0.2, 0) is 9.59 Å².